The van der Waals surface area contributed by atoms with Gasteiger partial charge in [0, 0.05) is 43.3 Å². The van der Waals surface area contributed by atoms with E-state index in [-0.39, 0.29) is 5.91 Å². The smallest absolute Gasteiger partial charge is 0.219 e. The molecular weight excluding hydrogens is 238 g/mol. The van der Waals surface area contributed by atoms with E-state index in [0.29, 0.717) is 0 Å². The van der Waals surface area contributed by atoms with E-state index in [2.05, 4.69) is 22.3 Å². The van der Waals surface area contributed by atoms with E-state index in [1.807, 2.05) is 23.1 Å². The van der Waals surface area contributed by atoms with Gasteiger partial charge in [-0.15, -0.1) is 0 Å². The van der Waals surface area contributed by atoms with Gasteiger partial charge in [0.2, 0.25) is 5.91 Å². The van der Waals surface area contributed by atoms with Crippen LogP contribution in [-0.2, 0) is 17.6 Å². The van der Waals surface area contributed by atoms with Gasteiger partial charge in [0.1, 0.15) is 0 Å². The van der Waals surface area contributed by atoms with Crippen molar-refractivity contribution < 1.29 is 4.79 Å². The highest BCUT2D eigenvalue weighted by molar-refractivity contribution is 5.73. The molecule has 3 rings (SSSR count). The number of rotatable bonds is 1. The monoisotopic (exact) mass is 255 g/mol. The van der Waals surface area contributed by atoms with Crippen LogP contribution in [0.4, 0.5) is 0 Å². The number of benzene rings is 1. The predicted molar refractivity (Wildman–Crippen MR) is 73.7 cm³/mol. The standard InChI is InChI=1S/C15H17N3O/c1-11(19)18-9-7-13-14(8-10-18)16-17-15(13)12-5-3-2-4-6-12/h2-6H,7-10H2,1H3,(H,16,17). The van der Waals surface area contributed by atoms with Crippen LogP contribution in [0.5, 0.6) is 0 Å². The largest absolute Gasteiger partial charge is 0.342 e. The molecule has 1 N–H and O–H groups in total. The van der Waals surface area contributed by atoms with E-state index in [1.54, 1.807) is 6.92 Å². The molecule has 4 nitrogen and oxygen atoms in total. The van der Waals surface area contributed by atoms with Gasteiger partial charge in [0.15, 0.2) is 0 Å². The fourth-order valence-electron chi connectivity index (χ4n) is 2.63. The number of nitrogens with zero attached hydrogens (tertiary/aromatic N) is 2. The maximum absolute atomic E-state index is 11.5. The van der Waals surface area contributed by atoms with E-state index in [1.165, 1.54) is 11.3 Å². The molecule has 2 heterocycles. The first-order chi connectivity index (χ1) is 9.25. The van der Waals surface area contributed by atoms with Crippen LogP contribution in [0.1, 0.15) is 18.2 Å². The van der Waals surface area contributed by atoms with Crippen molar-refractivity contribution in [1.29, 1.82) is 0 Å². The van der Waals surface area contributed by atoms with E-state index in [4.69, 9.17) is 0 Å². The summed E-state index contributed by atoms with van der Waals surface area (Å²) in [5, 5.41) is 7.59. The Hall–Kier alpha value is -2.10. The van der Waals surface area contributed by atoms with Crippen molar-refractivity contribution in [3.8, 4) is 11.3 Å². The number of aromatic amines is 1. The third-order valence-electron chi connectivity index (χ3n) is 3.71. The van der Waals surface area contributed by atoms with E-state index >= 15 is 0 Å². The van der Waals surface area contributed by atoms with Crippen molar-refractivity contribution in [2.75, 3.05) is 13.1 Å². The van der Waals surface area contributed by atoms with Gasteiger partial charge in [0.05, 0.1) is 5.69 Å². The van der Waals surface area contributed by atoms with Crippen LogP contribution in [0.2, 0.25) is 0 Å². The van der Waals surface area contributed by atoms with Gasteiger partial charge in [-0.05, 0) is 6.42 Å². The molecule has 1 aliphatic heterocycles. The number of carbonyl (C=O) groups excluding carboxylic acids is 1. The number of nitrogens with one attached hydrogen (secondary N) is 1. The fraction of sp³-hybridized carbons (Fsp3) is 0.333. The summed E-state index contributed by atoms with van der Waals surface area (Å²) in [6.45, 7) is 3.19. The van der Waals surface area contributed by atoms with E-state index in [0.717, 1.165) is 37.2 Å². The Bertz CT molecular complexity index is 589. The number of hydrogen-bond acceptors (Lipinski definition) is 2. The molecule has 4 heteroatoms. The first-order valence-electron chi connectivity index (χ1n) is 6.63. The van der Waals surface area contributed by atoms with Crippen LogP contribution >= 0.6 is 0 Å². The van der Waals surface area contributed by atoms with Gasteiger partial charge in [-0.1, -0.05) is 30.3 Å². The minimum absolute atomic E-state index is 0.152. The van der Waals surface area contributed by atoms with Crippen LogP contribution in [0, 0.1) is 0 Å². The number of amides is 1. The van der Waals surface area contributed by atoms with Crippen LogP contribution in [0.3, 0.4) is 0 Å². The van der Waals surface area contributed by atoms with Gasteiger partial charge in [-0.25, -0.2) is 0 Å². The highest BCUT2D eigenvalue weighted by Crippen LogP contribution is 2.26. The summed E-state index contributed by atoms with van der Waals surface area (Å²) in [7, 11) is 0. The fourth-order valence-corrected chi connectivity index (χ4v) is 2.63. The summed E-state index contributed by atoms with van der Waals surface area (Å²) in [6.07, 6.45) is 1.73. The highest BCUT2D eigenvalue weighted by Gasteiger charge is 2.21. The van der Waals surface area contributed by atoms with Gasteiger partial charge in [0.25, 0.3) is 0 Å². The Balaban J connectivity index is 1.93. The zero-order valence-electron chi connectivity index (χ0n) is 11.0. The maximum Gasteiger partial charge on any atom is 0.219 e. The first-order valence-corrected chi connectivity index (χ1v) is 6.63. The van der Waals surface area contributed by atoms with E-state index < -0.39 is 0 Å². The molecule has 0 atom stereocenters. The van der Waals surface area contributed by atoms with Gasteiger partial charge in [-0.3, -0.25) is 9.89 Å². The highest BCUT2D eigenvalue weighted by atomic mass is 16.2. The molecule has 0 saturated carbocycles. The number of hydrogen-bond donors (Lipinski definition) is 1. The predicted octanol–water partition coefficient (Wildman–Crippen LogP) is 2.02. The molecule has 1 aromatic heterocycles. The normalized spacial score (nSPS) is 14.9. The first kappa shape index (κ1) is 12.0. The summed E-state index contributed by atoms with van der Waals surface area (Å²) in [6, 6.07) is 10.2. The second-order valence-electron chi connectivity index (χ2n) is 4.90. The molecule has 98 valence electrons. The van der Waals surface area contributed by atoms with Crippen molar-refractivity contribution >= 4 is 5.91 Å². The van der Waals surface area contributed by atoms with Crippen molar-refractivity contribution in [2.24, 2.45) is 0 Å². The summed E-state index contributed by atoms with van der Waals surface area (Å²) < 4.78 is 0. The Morgan fingerprint density at radius 2 is 1.95 bits per heavy atom. The van der Waals surface area contributed by atoms with Crippen molar-refractivity contribution in [1.82, 2.24) is 15.1 Å². The quantitative estimate of drug-likeness (QED) is 0.847. The van der Waals surface area contributed by atoms with Crippen LogP contribution in [-0.4, -0.2) is 34.1 Å². The van der Waals surface area contributed by atoms with Crippen molar-refractivity contribution in [2.45, 2.75) is 19.8 Å². The van der Waals surface area contributed by atoms with Gasteiger partial charge in [-0.2, -0.15) is 5.10 Å². The second-order valence-corrected chi connectivity index (χ2v) is 4.90. The number of carbonyl (C=O) groups is 1. The molecule has 0 radical (unpaired) electrons. The Labute approximate surface area is 112 Å². The lowest BCUT2D eigenvalue weighted by Gasteiger charge is -2.17. The van der Waals surface area contributed by atoms with Crippen molar-refractivity contribution in [3.63, 3.8) is 0 Å². The SMILES string of the molecule is CC(=O)N1CCc2[nH]nc(-c3ccccc3)c2CC1. The van der Waals surface area contributed by atoms with Crippen LogP contribution in [0.25, 0.3) is 11.3 Å². The Morgan fingerprint density at radius 3 is 2.68 bits per heavy atom. The molecule has 0 bridgehead atoms. The minimum Gasteiger partial charge on any atom is -0.342 e. The molecule has 0 fully saturated rings. The molecule has 1 aromatic carbocycles. The van der Waals surface area contributed by atoms with Gasteiger partial charge >= 0.3 is 0 Å². The number of H-pyrrole nitrogens is 1. The minimum atomic E-state index is 0.152. The lowest BCUT2D eigenvalue weighted by Crippen LogP contribution is -2.31. The molecule has 1 amide bonds. The summed E-state index contributed by atoms with van der Waals surface area (Å²) in [4.78, 5) is 13.4. The van der Waals surface area contributed by atoms with Crippen LogP contribution in [0.15, 0.2) is 30.3 Å². The summed E-state index contributed by atoms with van der Waals surface area (Å²) in [5.41, 5.74) is 4.59. The molecule has 0 saturated heterocycles. The Morgan fingerprint density at radius 1 is 1.21 bits per heavy atom. The number of fused-ring (bicyclic) bond motifs is 1. The molecule has 0 spiro atoms. The third-order valence-corrected chi connectivity index (χ3v) is 3.71. The zero-order valence-corrected chi connectivity index (χ0v) is 11.0. The average molecular weight is 255 g/mol. The van der Waals surface area contributed by atoms with E-state index in [9.17, 15) is 4.79 Å². The average Bonchev–Trinajstić information content (AvgIpc) is 2.71. The number of aromatic nitrogens is 2. The maximum atomic E-state index is 11.5. The second kappa shape index (κ2) is 4.88. The molecule has 2 aromatic rings. The molecule has 0 unspecified atom stereocenters. The molecular formula is C15H17N3O. The lowest BCUT2D eigenvalue weighted by molar-refractivity contribution is -0.128. The summed E-state index contributed by atoms with van der Waals surface area (Å²) >= 11 is 0. The Kier molecular flexibility index (Phi) is 3.07. The molecule has 19 heavy (non-hydrogen) atoms. The zero-order chi connectivity index (χ0) is 13.2. The van der Waals surface area contributed by atoms with Crippen molar-refractivity contribution in [3.05, 3.63) is 41.6 Å². The topological polar surface area (TPSA) is 49.0 Å². The third kappa shape index (κ3) is 2.26. The lowest BCUT2D eigenvalue weighted by atomic mass is 10.0. The van der Waals surface area contributed by atoms with Gasteiger partial charge < -0.3 is 4.90 Å². The summed E-state index contributed by atoms with van der Waals surface area (Å²) in [5.74, 6) is 0.152. The molecule has 0 aliphatic carbocycles. The van der Waals surface area contributed by atoms with Crippen LogP contribution < -0.4 is 0 Å². The molecule has 1 aliphatic rings.